The first kappa shape index (κ1) is 14.3. The van der Waals surface area contributed by atoms with E-state index in [2.05, 4.69) is 9.72 Å². The van der Waals surface area contributed by atoms with Crippen molar-refractivity contribution in [3.8, 4) is 5.75 Å². The first-order valence-electron chi connectivity index (χ1n) is 4.51. The maximum absolute atomic E-state index is 12.7. The van der Waals surface area contributed by atoms with Gasteiger partial charge in [-0.3, -0.25) is 4.79 Å². The minimum atomic E-state index is -5.06. The summed E-state index contributed by atoms with van der Waals surface area (Å²) in [6, 6.07) is 0. The molecule has 0 fully saturated rings. The Kier molecular flexibility index (Phi) is 4.17. The van der Waals surface area contributed by atoms with Crippen LogP contribution in [0.4, 0.5) is 22.0 Å². The predicted octanol–water partition coefficient (Wildman–Crippen LogP) is 2.19. The molecule has 2 N–H and O–H groups in total. The zero-order valence-electron chi connectivity index (χ0n) is 8.67. The van der Waals surface area contributed by atoms with Crippen LogP contribution < -0.4 is 10.5 Å². The Bertz CT molecular complexity index is 447. The van der Waals surface area contributed by atoms with Crippen LogP contribution in [0.2, 0.25) is 0 Å². The van der Waals surface area contributed by atoms with Crippen molar-refractivity contribution in [2.45, 2.75) is 19.3 Å². The zero-order valence-corrected chi connectivity index (χ0v) is 8.67. The van der Waals surface area contributed by atoms with E-state index in [1.165, 1.54) is 0 Å². The maximum atomic E-state index is 12.7. The molecule has 1 aromatic rings. The fourth-order valence-corrected chi connectivity index (χ4v) is 1.32. The van der Waals surface area contributed by atoms with Gasteiger partial charge in [0.2, 0.25) is 0 Å². The highest BCUT2D eigenvalue weighted by atomic mass is 19.4. The molecule has 0 aliphatic carbocycles. The Balaban J connectivity index is 3.38. The third-order valence-electron chi connectivity index (χ3n) is 1.98. The molecule has 100 valence electrons. The standard InChI is InChI=1S/C9H7F5N2O2/c10-8(11)7-4(1-15)6(18-9(12,13)14)2-16-5(7)3-17/h2-3,8H,1,15H2. The summed E-state index contributed by atoms with van der Waals surface area (Å²) in [5, 5.41) is 0. The molecule has 18 heavy (non-hydrogen) atoms. The van der Waals surface area contributed by atoms with Gasteiger partial charge in [-0.25, -0.2) is 13.8 Å². The monoisotopic (exact) mass is 270 g/mol. The average Bonchev–Trinajstić information content (AvgIpc) is 2.26. The Hall–Kier alpha value is -1.77. The number of aldehydes is 1. The molecular weight excluding hydrogens is 263 g/mol. The minimum Gasteiger partial charge on any atom is -0.404 e. The lowest BCUT2D eigenvalue weighted by Gasteiger charge is -2.15. The van der Waals surface area contributed by atoms with E-state index >= 15 is 0 Å². The predicted molar refractivity (Wildman–Crippen MR) is 49.2 cm³/mol. The van der Waals surface area contributed by atoms with Crippen molar-refractivity contribution in [3.63, 3.8) is 0 Å². The van der Waals surface area contributed by atoms with Crippen molar-refractivity contribution in [1.82, 2.24) is 4.98 Å². The van der Waals surface area contributed by atoms with Gasteiger partial charge in [0.05, 0.1) is 11.8 Å². The number of nitrogens with two attached hydrogens (primary N) is 1. The number of rotatable bonds is 4. The molecule has 9 heteroatoms. The molecule has 0 saturated heterocycles. The second-order valence-corrected chi connectivity index (χ2v) is 3.07. The van der Waals surface area contributed by atoms with Crippen LogP contribution in [-0.4, -0.2) is 17.6 Å². The highest BCUT2D eigenvalue weighted by Gasteiger charge is 2.34. The highest BCUT2D eigenvalue weighted by molar-refractivity contribution is 5.75. The summed E-state index contributed by atoms with van der Waals surface area (Å²) in [7, 11) is 0. The van der Waals surface area contributed by atoms with Gasteiger partial charge in [-0.15, -0.1) is 13.2 Å². The molecule has 0 aromatic carbocycles. The Labute approximate surface area is 97.6 Å². The lowest BCUT2D eigenvalue weighted by atomic mass is 10.1. The largest absolute Gasteiger partial charge is 0.573 e. The number of aromatic nitrogens is 1. The highest BCUT2D eigenvalue weighted by Crippen LogP contribution is 2.33. The number of pyridine rings is 1. The van der Waals surface area contributed by atoms with E-state index in [9.17, 15) is 26.7 Å². The van der Waals surface area contributed by atoms with E-state index < -0.39 is 41.9 Å². The third-order valence-corrected chi connectivity index (χ3v) is 1.98. The maximum Gasteiger partial charge on any atom is 0.573 e. The van der Waals surface area contributed by atoms with Crippen molar-refractivity contribution in [2.24, 2.45) is 5.73 Å². The van der Waals surface area contributed by atoms with Crippen molar-refractivity contribution in [3.05, 3.63) is 23.0 Å². The molecule has 0 radical (unpaired) electrons. The molecular formula is C9H7F5N2O2. The number of carbonyl (C=O) groups excluding carboxylic acids is 1. The molecule has 0 amide bonds. The number of nitrogens with zero attached hydrogens (tertiary/aromatic N) is 1. The van der Waals surface area contributed by atoms with Gasteiger partial charge >= 0.3 is 6.36 Å². The quantitative estimate of drug-likeness (QED) is 0.672. The van der Waals surface area contributed by atoms with Crippen LogP contribution >= 0.6 is 0 Å². The molecule has 0 spiro atoms. The molecule has 0 saturated carbocycles. The fourth-order valence-electron chi connectivity index (χ4n) is 1.32. The number of alkyl halides is 5. The Morgan fingerprint density at radius 1 is 1.44 bits per heavy atom. The molecule has 0 unspecified atom stereocenters. The number of ether oxygens (including phenoxy) is 1. The van der Waals surface area contributed by atoms with Crippen LogP contribution in [0.5, 0.6) is 5.75 Å². The molecule has 0 aliphatic heterocycles. The van der Waals surface area contributed by atoms with E-state index in [4.69, 9.17) is 5.73 Å². The van der Waals surface area contributed by atoms with Crippen molar-refractivity contribution in [1.29, 1.82) is 0 Å². The van der Waals surface area contributed by atoms with Crippen LogP contribution in [0.15, 0.2) is 6.20 Å². The van der Waals surface area contributed by atoms with Crippen LogP contribution in [0.3, 0.4) is 0 Å². The van der Waals surface area contributed by atoms with Crippen molar-refractivity contribution < 1.29 is 31.5 Å². The van der Waals surface area contributed by atoms with Crippen LogP contribution in [-0.2, 0) is 6.54 Å². The third kappa shape index (κ3) is 3.13. The minimum absolute atomic E-state index is 0.0119. The number of hydrogen-bond donors (Lipinski definition) is 1. The van der Waals surface area contributed by atoms with Gasteiger partial charge in [0.15, 0.2) is 12.0 Å². The summed E-state index contributed by atoms with van der Waals surface area (Å²) >= 11 is 0. The average molecular weight is 270 g/mol. The fraction of sp³-hybridized carbons (Fsp3) is 0.333. The summed E-state index contributed by atoms with van der Waals surface area (Å²) in [6.07, 6.45) is -7.70. The number of hydrogen-bond acceptors (Lipinski definition) is 4. The SMILES string of the molecule is NCc1c(OC(F)(F)F)cnc(C=O)c1C(F)F. The van der Waals surface area contributed by atoms with Gasteiger partial charge in [0, 0.05) is 12.1 Å². The van der Waals surface area contributed by atoms with E-state index in [0.717, 1.165) is 0 Å². The van der Waals surface area contributed by atoms with E-state index in [1.54, 1.807) is 0 Å². The normalized spacial score (nSPS) is 11.7. The smallest absolute Gasteiger partial charge is 0.404 e. The summed E-state index contributed by atoms with van der Waals surface area (Å²) in [5.41, 5.74) is 2.89. The topological polar surface area (TPSA) is 65.2 Å². The molecule has 0 atom stereocenters. The number of carbonyl (C=O) groups is 1. The Morgan fingerprint density at radius 3 is 2.44 bits per heavy atom. The molecule has 0 aliphatic rings. The molecule has 4 nitrogen and oxygen atoms in total. The summed E-state index contributed by atoms with van der Waals surface area (Å²) in [6.45, 7) is -0.644. The van der Waals surface area contributed by atoms with Gasteiger partial charge in [0.1, 0.15) is 5.69 Å². The zero-order chi connectivity index (χ0) is 13.9. The van der Waals surface area contributed by atoms with E-state index in [-0.39, 0.29) is 6.29 Å². The Morgan fingerprint density at radius 2 is 2.06 bits per heavy atom. The van der Waals surface area contributed by atoms with E-state index in [1.807, 2.05) is 0 Å². The van der Waals surface area contributed by atoms with Gasteiger partial charge in [0.25, 0.3) is 6.43 Å². The lowest BCUT2D eigenvalue weighted by Crippen LogP contribution is -2.20. The molecule has 1 rings (SSSR count). The van der Waals surface area contributed by atoms with Crippen LogP contribution in [0, 0.1) is 0 Å². The number of halogens is 5. The summed E-state index contributed by atoms with van der Waals surface area (Å²) < 4.78 is 65.0. The second kappa shape index (κ2) is 5.25. The van der Waals surface area contributed by atoms with Crippen LogP contribution in [0.1, 0.15) is 28.0 Å². The first-order valence-corrected chi connectivity index (χ1v) is 4.51. The first-order chi connectivity index (χ1) is 8.30. The van der Waals surface area contributed by atoms with Gasteiger partial charge < -0.3 is 10.5 Å². The van der Waals surface area contributed by atoms with E-state index in [0.29, 0.717) is 6.20 Å². The van der Waals surface area contributed by atoms with Gasteiger partial charge in [-0.05, 0) is 0 Å². The van der Waals surface area contributed by atoms with Crippen LogP contribution in [0.25, 0.3) is 0 Å². The van der Waals surface area contributed by atoms with Crippen molar-refractivity contribution in [2.75, 3.05) is 0 Å². The molecule has 1 heterocycles. The summed E-state index contributed by atoms with van der Waals surface area (Å²) in [4.78, 5) is 13.7. The summed E-state index contributed by atoms with van der Waals surface area (Å²) in [5.74, 6) is -0.939. The van der Waals surface area contributed by atoms with Gasteiger partial charge in [-0.1, -0.05) is 0 Å². The van der Waals surface area contributed by atoms with Gasteiger partial charge in [-0.2, -0.15) is 0 Å². The van der Waals surface area contributed by atoms with Crippen molar-refractivity contribution >= 4 is 6.29 Å². The second-order valence-electron chi connectivity index (χ2n) is 3.07. The molecule has 1 aromatic heterocycles. The molecule has 0 bridgehead atoms. The lowest BCUT2D eigenvalue weighted by molar-refractivity contribution is -0.275.